The fourth-order valence-corrected chi connectivity index (χ4v) is 4.84. The summed E-state index contributed by atoms with van der Waals surface area (Å²) in [5.41, 5.74) is 8.47. The molecule has 1 N–H and O–H groups in total. The van der Waals surface area contributed by atoms with Gasteiger partial charge in [-0.3, -0.25) is 10.3 Å². The summed E-state index contributed by atoms with van der Waals surface area (Å²) in [6.07, 6.45) is 7.77. The van der Waals surface area contributed by atoms with E-state index in [1.54, 1.807) is 17.1 Å². The van der Waals surface area contributed by atoms with Crippen LogP contribution in [0, 0.1) is 11.6 Å². The van der Waals surface area contributed by atoms with Gasteiger partial charge in [-0.05, 0) is 29.7 Å². The van der Waals surface area contributed by atoms with Gasteiger partial charge in [0.15, 0.2) is 11.6 Å². The standard InChI is InChI=1S/C22H18F2N4O2/c1-27-8-14(11-4-5-28-13(6-11)10-30-22(28)29)21-15(9-27)19-18-12(7-16(23)20(19)24)2-3-17(18)25-26-21/h2-3,6-7,9,13,26H,4-5,8,10H2,1H3/t13-/m1/s1. The first-order valence-corrected chi connectivity index (χ1v) is 9.86. The predicted molar refractivity (Wildman–Crippen MR) is 107 cm³/mol. The molecular formula is C22H18F2N4O2. The number of carbonyl (C=O) groups is 1. The van der Waals surface area contributed by atoms with Crippen LogP contribution in [0.25, 0.3) is 11.6 Å². The number of fused-ring (bicyclic) bond motifs is 3. The van der Waals surface area contributed by atoms with Crippen molar-refractivity contribution in [2.75, 3.05) is 26.7 Å². The van der Waals surface area contributed by atoms with Crippen LogP contribution in [0.15, 0.2) is 46.4 Å². The molecule has 0 bridgehead atoms. The second-order valence-electron chi connectivity index (χ2n) is 8.04. The zero-order chi connectivity index (χ0) is 20.6. The highest BCUT2D eigenvalue weighted by Gasteiger charge is 2.37. The Morgan fingerprint density at radius 1 is 1.27 bits per heavy atom. The van der Waals surface area contributed by atoms with Gasteiger partial charge in [0.25, 0.3) is 0 Å². The van der Waals surface area contributed by atoms with E-state index in [0.717, 1.165) is 11.1 Å². The smallest absolute Gasteiger partial charge is 0.410 e. The highest BCUT2D eigenvalue weighted by atomic mass is 19.2. The number of cyclic esters (lactones) is 1. The van der Waals surface area contributed by atoms with Gasteiger partial charge in [0.2, 0.25) is 0 Å². The number of carbonyl (C=O) groups excluding carboxylic acids is 1. The second-order valence-corrected chi connectivity index (χ2v) is 8.04. The summed E-state index contributed by atoms with van der Waals surface area (Å²) in [6, 6.07) is 1.11. The molecule has 4 heterocycles. The van der Waals surface area contributed by atoms with E-state index in [9.17, 15) is 9.18 Å². The monoisotopic (exact) mass is 408 g/mol. The molecule has 0 aromatic heterocycles. The number of amides is 1. The van der Waals surface area contributed by atoms with Crippen molar-refractivity contribution in [3.63, 3.8) is 0 Å². The number of allylic oxidation sites excluding steroid dienone is 2. The fraction of sp³-hybridized carbons (Fsp3) is 0.273. The Hall–Kier alpha value is -3.42. The average Bonchev–Trinajstić information content (AvgIpc) is 3.25. The molecule has 0 unspecified atom stereocenters. The Balaban J connectivity index is 1.54. The molecular weight excluding hydrogens is 390 g/mol. The number of hydrazone groups is 1. The van der Waals surface area contributed by atoms with E-state index in [1.807, 2.05) is 24.2 Å². The van der Waals surface area contributed by atoms with Crippen LogP contribution in [0.1, 0.15) is 23.1 Å². The third kappa shape index (κ3) is 2.33. The fourth-order valence-electron chi connectivity index (χ4n) is 4.84. The van der Waals surface area contributed by atoms with Crippen LogP contribution in [0.4, 0.5) is 13.6 Å². The lowest BCUT2D eigenvalue weighted by molar-refractivity contribution is 0.158. The van der Waals surface area contributed by atoms with Gasteiger partial charge in [-0.15, -0.1) is 0 Å². The molecule has 6 nitrogen and oxygen atoms in total. The first-order valence-electron chi connectivity index (χ1n) is 9.86. The van der Waals surface area contributed by atoms with Gasteiger partial charge in [0.1, 0.15) is 6.61 Å². The van der Waals surface area contributed by atoms with Gasteiger partial charge in [-0.2, -0.15) is 5.10 Å². The van der Waals surface area contributed by atoms with Gasteiger partial charge in [0, 0.05) is 48.6 Å². The topological polar surface area (TPSA) is 57.2 Å². The number of benzene rings is 1. The summed E-state index contributed by atoms with van der Waals surface area (Å²) in [7, 11) is 1.91. The molecule has 1 atom stereocenters. The third-order valence-electron chi connectivity index (χ3n) is 6.23. The lowest BCUT2D eigenvalue weighted by Gasteiger charge is -2.32. The van der Waals surface area contributed by atoms with Gasteiger partial charge < -0.3 is 9.64 Å². The van der Waals surface area contributed by atoms with E-state index in [1.165, 1.54) is 6.07 Å². The average molecular weight is 408 g/mol. The Morgan fingerprint density at radius 2 is 2.13 bits per heavy atom. The van der Waals surface area contributed by atoms with Crippen molar-refractivity contribution in [3.05, 3.63) is 69.6 Å². The number of rotatable bonds is 1. The van der Waals surface area contributed by atoms with E-state index < -0.39 is 11.6 Å². The molecule has 0 radical (unpaired) electrons. The molecule has 1 amide bonds. The molecule has 1 aromatic rings. The minimum absolute atomic E-state index is 0.103. The molecule has 1 aliphatic carbocycles. The van der Waals surface area contributed by atoms with Crippen molar-refractivity contribution < 1.29 is 18.3 Å². The summed E-state index contributed by atoms with van der Waals surface area (Å²) < 4.78 is 34.7. The number of hydrogen-bond acceptors (Lipinski definition) is 5. The highest BCUT2D eigenvalue weighted by Crippen LogP contribution is 2.41. The van der Waals surface area contributed by atoms with Gasteiger partial charge in [-0.25, -0.2) is 13.6 Å². The number of nitrogens with zero attached hydrogens (tertiary/aromatic N) is 3. The second kappa shape index (κ2) is 6.04. The maximum Gasteiger partial charge on any atom is 0.410 e. The van der Waals surface area contributed by atoms with Crippen molar-refractivity contribution in [3.8, 4) is 0 Å². The molecule has 1 saturated heterocycles. The van der Waals surface area contributed by atoms with Crippen LogP contribution in [0.5, 0.6) is 0 Å². The maximum absolute atomic E-state index is 15.1. The molecule has 0 spiro atoms. The number of halogens is 2. The Morgan fingerprint density at radius 3 is 3.00 bits per heavy atom. The number of ether oxygens (including phenoxy) is 1. The number of nitrogens with one attached hydrogen (secondary N) is 1. The predicted octanol–water partition coefficient (Wildman–Crippen LogP) is 2.99. The Labute approximate surface area is 171 Å². The minimum Gasteiger partial charge on any atom is -0.447 e. The van der Waals surface area contributed by atoms with Crippen LogP contribution in [-0.4, -0.2) is 54.4 Å². The van der Waals surface area contributed by atoms with E-state index >= 15 is 4.39 Å². The quantitative estimate of drug-likeness (QED) is 0.776. The molecule has 5 aliphatic rings. The summed E-state index contributed by atoms with van der Waals surface area (Å²) in [6.45, 7) is 1.49. The number of likely N-dealkylation sites (N-methyl/N-ethyl adjacent to an activating group) is 1. The highest BCUT2D eigenvalue weighted by molar-refractivity contribution is 6.20. The van der Waals surface area contributed by atoms with Crippen molar-refractivity contribution in [2.45, 2.75) is 12.5 Å². The van der Waals surface area contributed by atoms with E-state index in [4.69, 9.17) is 4.74 Å². The van der Waals surface area contributed by atoms with Crippen LogP contribution in [0.2, 0.25) is 0 Å². The first kappa shape index (κ1) is 17.4. The van der Waals surface area contributed by atoms with Crippen LogP contribution >= 0.6 is 0 Å². The summed E-state index contributed by atoms with van der Waals surface area (Å²) in [4.78, 5) is 15.5. The molecule has 1 fully saturated rings. The zero-order valence-electron chi connectivity index (χ0n) is 16.2. The third-order valence-corrected chi connectivity index (χ3v) is 6.23. The molecule has 0 saturated carbocycles. The molecule has 4 aliphatic heterocycles. The van der Waals surface area contributed by atoms with Crippen LogP contribution in [-0.2, 0) is 4.74 Å². The van der Waals surface area contributed by atoms with E-state index in [-0.39, 0.29) is 17.7 Å². The zero-order valence-corrected chi connectivity index (χ0v) is 16.2. The molecule has 30 heavy (non-hydrogen) atoms. The molecule has 6 rings (SSSR count). The lowest BCUT2D eigenvalue weighted by atomic mass is 9.86. The molecule has 1 aromatic carbocycles. The van der Waals surface area contributed by atoms with Gasteiger partial charge in [0.05, 0.1) is 17.5 Å². The molecule has 8 heteroatoms. The van der Waals surface area contributed by atoms with Gasteiger partial charge in [-0.1, -0.05) is 12.2 Å². The maximum atomic E-state index is 15.1. The van der Waals surface area contributed by atoms with E-state index in [0.29, 0.717) is 54.2 Å². The van der Waals surface area contributed by atoms with E-state index in [2.05, 4.69) is 10.5 Å². The van der Waals surface area contributed by atoms with Crippen LogP contribution in [0.3, 0.4) is 0 Å². The lowest BCUT2D eigenvalue weighted by Crippen LogP contribution is -2.37. The minimum atomic E-state index is -0.874. The molecule has 152 valence electrons. The normalized spacial score (nSPS) is 23.8. The van der Waals surface area contributed by atoms with Crippen LogP contribution < -0.4 is 5.43 Å². The van der Waals surface area contributed by atoms with Crippen molar-refractivity contribution >= 4 is 23.5 Å². The first-order chi connectivity index (χ1) is 14.5. The summed E-state index contributed by atoms with van der Waals surface area (Å²) in [5, 5.41) is 4.50. The summed E-state index contributed by atoms with van der Waals surface area (Å²) >= 11 is 0. The van der Waals surface area contributed by atoms with Crippen molar-refractivity contribution in [1.29, 1.82) is 0 Å². The van der Waals surface area contributed by atoms with Gasteiger partial charge >= 0.3 is 6.09 Å². The number of hydrogen-bond donors (Lipinski definition) is 1. The van der Waals surface area contributed by atoms with Crippen molar-refractivity contribution in [2.24, 2.45) is 5.10 Å². The Bertz CT molecular complexity index is 1180. The SMILES string of the molecule is CN1C=C2C(=C(C3=C[C@@H]4COC(=O)N4CC3)C1)NN=C1C=Cc3cc(F)c(F)c2c31. The Kier molecular flexibility index (Phi) is 3.51. The van der Waals surface area contributed by atoms with Crippen molar-refractivity contribution in [1.82, 2.24) is 15.2 Å². The summed E-state index contributed by atoms with van der Waals surface area (Å²) in [5.74, 6) is -1.74. The largest absolute Gasteiger partial charge is 0.447 e.